The Labute approximate surface area is 152 Å². The van der Waals surface area contributed by atoms with Crippen LogP contribution < -0.4 is 5.73 Å². The highest BCUT2D eigenvalue weighted by atomic mass is 35.5. The monoisotopic (exact) mass is 350 g/mol. The van der Waals surface area contributed by atoms with Gasteiger partial charge in [0.05, 0.1) is 5.41 Å². The average molecular weight is 351 g/mol. The number of aryl methyl sites for hydroxylation is 1. The predicted octanol–water partition coefficient (Wildman–Crippen LogP) is 3.82. The Balaban J connectivity index is 0.00000208. The van der Waals surface area contributed by atoms with Crippen LogP contribution in [0.4, 0.5) is 0 Å². The molecule has 1 aromatic rings. The highest BCUT2D eigenvalue weighted by molar-refractivity contribution is 5.89. The highest BCUT2D eigenvalue weighted by Gasteiger charge is 2.47. The second-order valence-electron chi connectivity index (χ2n) is 7.95. The number of likely N-dealkylation sites (tertiary alicyclic amines) is 1. The van der Waals surface area contributed by atoms with Crippen molar-refractivity contribution in [2.45, 2.75) is 57.8 Å². The zero-order valence-electron chi connectivity index (χ0n) is 15.0. The van der Waals surface area contributed by atoms with Crippen LogP contribution in [0.15, 0.2) is 24.3 Å². The molecule has 0 radical (unpaired) electrons. The van der Waals surface area contributed by atoms with Crippen molar-refractivity contribution < 1.29 is 4.79 Å². The minimum Gasteiger partial charge on any atom is -0.341 e. The van der Waals surface area contributed by atoms with Gasteiger partial charge in [0, 0.05) is 13.1 Å². The van der Waals surface area contributed by atoms with E-state index in [1.807, 2.05) is 0 Å². The number of nitrogens with two attached hydrogens (primary N) is 1. The van der Waals surface area contributed by atoms with Crippen molar-refractivity contribution in [3.8, 4) is 0 Å². The van der Waals surface area contributed by atoms with E-state index in [9.17, 15) is 4.79 Å². The van der Waals surface area contributed by atoms with E-state index >= 15 is 0 Å². The first-order valence-corrected chi connectivity index (χ1v) is 9.06. The van der Waals surface area contributed by atoms with Crippen LogP contribution >= 0.6 is 12.4 Å². The van der Waals surface area contributed by atoms with Crippen LogP contribution in [0.25, 0.3) is 0 Å². The quantitative estimate of drug-likeness (QED) is 0.900. The minimum absolute atomic E-state index is 0. The molecule has 1 unspecified atom stereocenters. The van der Waals surface area contributed by atoms with Gasteiger partial charge in [0.2, 0.25) is 5.91 Å². The largest absolute Gasteiger partial charge is 0.341 e. The maximum absolute atomic E-state index is 13.6. The number of carbonyl (C=O) groups excluding carboxylic acids is 1. The molecular weight excluding hydrogens is 320 g/mol. The number of amides is 1. The molecule has 1 saturated heterocycles. The minimum atomic E-state index is -0.302. The Bertz CT molecular complexity index is 583. The maximum Gasteiger partial charge on any atom is 0.233 e. The standard InChI is InChI=1S/C20H30N2O.ClH/c1-16-8-4-5-9-17(16)20(10-6-3-7-11-20)18(23)22-13-12-19(2,14-21)15-22;/h4-5,8-9H,3,6-7,10-15,21H2,1-2H3;1H. The van der Waals surface area contributed by atoms with Gasteiger partial charge < -0.3 is 10.6 Å². The van der Waals surface area contributed by atoms with Gasteiger partial charge in [-0.05, 0) is 49.3 Å². The zero-order chi connectivity index (χ0) is 16.5. The van der Waals surface area contributed by atoms with Gasteiger partial charge in [-0.1, -0.05) is 50.5 Å². The number of halogens is 1. The van der Waals surface area contributed by atoms with Crippen molar-refractivity contribution >= 4 is 18.3 Å². The molecule has 0 aromatic heterocycles. The van der Waals surface area contributed by atoms with Crippen molar-refractivity contribution in [3.05, 3.63) is 35.4 Å². The third-order valence-corrected chi connectivity index (χ3v) is 6.11. The normalized spacial score (nSPS) is 26.0. The number of nitrogens with zero attached hydrogens (tertiary/aromatic N) is 1. The number of hydrogen-bond acceptors (Lipinski definition) is 2. The first kappa shape index (κ1) is 19.3. The number of carbonyl (C=O) groups is 1. The fourth-order valence-corrected chi connectivity index (χ4v) is 4.53. The molecule has 1 saturated carbocycles. The molecule has 1 aromatic carbocycles. The fourth-order valence-electron chi connectivity index (χ4n) is 4.53. The average Bonchev–Trinajstić information content (AvgIpc) is 2.98. The molecule has 3 rings (SSSR count). The lowest BCUT2D eigenvalue weighted by Crippen LogP contribution is -2.48. The van der Waals surface area contributed by atoms with E-state index in [-0.39, 0.29) is 23.2 Å². The molecule has 1 amide bonds. The summed E-state index contributed by atoms with van der Waals surface area (Å²) in [5.74, 6) is 0.351. The first-order chi connectivity index (χ1) is 11.0. The van der Waals surface area contributed by atoms with Crippen LogP contribution in [-0.2, 0) is 10.2 Å². The molecule has 2 fully saturated rings. The summed E-state index contributed by atoms with van der Waals surface area (Å²) in [6, 6.07) is 8.48. The van der Waals surface area contributed by atoms with Crippen LogP contribution in [0.1, 0.15) is 56.6 Å². The molecule has 24 heavy (non-hydrogen) atoms. The van der Waals surface area contributed by atoms with Gasteiger partial charge in [-0.15, -0.1) is 12.4 Å². The summed E-state index contributed by atoms with van der Waals surface area (Å²) in [7, 11) is 0. The Hall–Kier alpha value is -1.06. The topological polar surface area (TPSA) is 46.3 Å². The second-order valence-corrected chi connectivity index (χ2v) is 7.95. The van der Waals surface area contributed by atoms with Gasteiger partial charge in [0.25, 0.3) is 0 Å². The molecule has 3 nitrogen and oxygen atoms in total. The van der Waals surface area contributed by atoms with E-state index < -0.39 is 0 Å². The maximum atomic E-state index is 13.6. The molecule has 2 aliphatic rings. The molecule has 0 bridgehead atoms. The van der Waals surface area contributed by atoms with Crippen LogP contribution in [0.2, 0.25) is 0 Å². The first-order valence-electron chi connectivity index (χ1n) is 9.06. The Morgan fingerprint density at radius 2 is 1.83 bits per heavy atom. The SMILES string of the molecule is Cc1ccccc1C1(C(=O)N2CCC(C)(CN)C2)CCCCC1.Cl. The van der Waals surface area contributed by atoms with Crippen molar-refractivity contribution in [1.82, 2.24) is 4.90 Å². The van der Waals surface area contributed by atoms with Gasteiger partial charge in [-0.25, -0.2) is 0 Å². The van der Waals surface area contributed by atoms with Crippen LogP contribution in [0.5, 0.6) is 0 Å². The highest BCUT2D eigenvalue weighted by Crippen LogP contribution is 2.44. The molecule has 4 heteroatoms. The molecule has 0 spiro atoms. The van der Waals surface area contributed by atoms with Gasteiger partial charge in [0.1, 0.15) is 0 Å². The predicted molar refractivity (Wildman–Crippen MR) is 102 cm³/mol. The molecule has 2 N–H and O–H groups in total. The molecule has 1 heterocycles. The van der Waals surface area contributed by atoms with E-state index in [1.54, 1.807) is 0 Å². The summed E-state index contributed by atoms with van der Waals surface area (Å²) in [4.78, 5) is 15.7. The summed E-state index contributed by atoms with van der Waals surface area (Å²) >= 11 is 0. The van der Waals surface area contributed by atoms with Gasteiger partial charge >= 0.3 is 0 Å². The Morgan fingerprint density at radius 3 is 2.42 bits per heavy atom. The van der Waals surface area contributed by atoms with Crippen LogP contribution in [0.3, 0.4) is 0 Å². The van der Waals surface area contributed by atoms with Crippen LogP contribution in [0, 0.1) is 12.3 Å². The third kappa shape index (κ3) is 3.34. The Kier molecular flexibility index (Phi) is 5.98. The van der Waals surface area contributed by atoms with Crippen molar-refractivity contribution in [2.24, 2.45) is 11.1 Å². The van der Waals surface area contributed by atoms with E-state index in [4.69, 9.17) is 5.73 Å². The number of rotatable bonds is 3. The summed E-state index contributed by atoms with van der Waals surface area (Å²) < 4.78 is 0. The van der Waals surface area contributed by atoms with E-state index in [2.05, 4.69) is 43.0 Å². The number of benzene rings is 1. The van der Waals surface area contributed by atoms with E-state index in [0.717, 1.165) is 45.2 Å². The summed E-state index contributed by atoms with van der Waals surface area (Å²) in [6.07, 6.45) is 6.57. The molecule has 1 aliphatic carbocycles. The van der Waals surface area contributed by atoms with Crippen molar-refractivity contribution in [2.75, 3.05) is 19.6 Å². The van der Waals surface area contributed by atoms with Gasteiger partial charge in [0.15, 0.2) is 0 Å². The van der Waals surface area contributed by atoms with Crippen LogP contribution in [-0.4, -0.2) is 30.4 Å². The lowest BCUT2D eigenvalue weighted by molar-refractivity contribution is -0.138. The second kappa shape index (κ2) is 7.45. The zero-order valence-corrected chi connectivity index (χ0v) is 15.8. The molecule has 134 valence electrons. The lowest BCUT2D eigenvalue weighted by atomic mass is 9.67. The third-order valence-electron chi connectivity index (χ3n) is 6.11. The summed E-state index contributed by atoms with van der Waals surface area (Å²) in [5, 5.41) is 0. The smallest absolute Gasteiger partial charge is 0.233 e. The Morgan fingerprint density at radius 1 is 1.17 bits per heavy atom. The van der Waals surface area contributed by atoms with Gasteiger partial charge in [-0.2, -0.15) is 0 Å². The molecule has 1 atom stereocenters. The molecular formula is C20H31ClN2O. The van der Waals surface area contributed by atoms with E-state index in [0.29, 0.717) is 12.5 Å². The summed E-state index contributed by atoms with van der Waals surface area (Å²) in [6.45, 7) is 6.69. The number of hydrogen-bond donors (Lipinski definition) is 1. The lowest BCUT2D eigenvalue weighted by Gasteiger charge is -2.40. The van der Waals surface area contributed by atoms with Crippen molar-refractivity contribution in [3.63, 3.8) is 0 Å². The summed E-state index contributed by atoms with van der Waals surface area (Å²) in [5.41, 5.74) is 8.24. The van der Waals surface area contributed by atoms with Gasteiger partial charge in [-0.3, -0.25) is 4.79 Å². The fraction of sp³-hybridized carbons (Fsp3) is 0.650. The van der Waals surface area contributed by atoms with E-state index in [1.165, 1.54) is 17.5 Å². The van der Waals surface area contributed by atoms with Crippen molar-refractivity contribution in [1.29, 1.82) is 0 Å². The molecule has 1 aliphatic heterocycles.